The van der Waals surface area contributed by atoms with Crippen LogP contribution in [0.1, 0.15) is 18.7 Å². The summed E-state index contributed by atoms with van der Waals surface area (Å²) < 4.78 is 51.6. The molecule has 0 spiro atoms. The largest absolute Gasteiger partial charge is 0.490 e. The van der Waals surface area contributed by atoms with Crippen molar-refractivity contribution in [2.75, 3.05) is 6.61 Å². The number of phosphoric acid groups is 3. The van der Waals surface area contributed by atoms with Crippen LogP contribution in [0, 0.1) is 23.7 Å². The summed E-state index contributed by atoms with van der Waals surface area (Å²) in [5.41, 5.74) is -3.45. The van der Waals surface area contributed by atoms with Crippen LogP contribution in [-0.2, 0) is 31.6 Å². The van der Waals surface area contributed by atoms with Crippen LogP contribution in [0.2, 0.25) is 0 Å². The molecule has 6 N–H and O–H groups in total. The number of H-pyrrole nitrogens is 1. The van der Waals surface area contributed by atoms with Crippen molar-refractivity contribution in [3.8, 4) is 6.07 Å². The SMILES string of the molecule is Cc1cn([C@@H]2O[C@H](COP(=O)(O)OP(=O)(O)OP(=O)(O)O)[C@@H](O)[C@@]2(C)C#N)c(=O)[nH]c1=O. The maximum Gasteiger partial charge on any atom is 0.490 e. The zero-order valence-electron chi connectivity index (χ0n) is 16.2. The lowest BCUT2D eigenvalue weighted by Crippen LogP contribution is -2.41. The highest BCUT2D eigenvalue weighted by molar-refractivity contribution is 7.66. The van der Waals surface area contributed by atoms with E-state index in [-0.39, 0.29) is 5.56 Å². The molecule has 2 unspecified atom stereocenters. The smallest absolute Gasteiger partial charge is 0.388 e. The van der Waals surface area contributed by atoms with E-state index in [4.69, 9.17) is 19.4 Å². The Morgan fingerprint density at radius 3 is 2.34 bits per heavy atom. The summed E-state index contributed by atoms with van der Waals surface area (Å²) in [7, 11) is -16.9. The number of rotatable bonds is 8. The van der Waals surface area contributed by atoms with Crippen LogP contribution < -0.4 is 11.2 Å². The highest BCUT2D eigenvalue weighted by Crippen LogP contribution is 2.66. The summed E-state index contributed by atoms with van der Waals surface area (Å²) >= 11 is 0. The monoisotopic (exact) mass is 521 g/mol. The zero-order chi connectivity index (χ0) is 24.7. The predicted octanol–water partition coefficient (Wildman–Crippen LogP) is -1.02. The molecule has 1 aromatic heterocycles. The van der Waals surface area contributed by atoms with Gasteiger partial charge in [0, 0.05) is 11.8 Å². The van der Waals surface area contributed by atoms with E-state index >= 15 is 0 Å². The van der Waals surface area contributed by atoms with Gasteiger partial charge in [0.1, 0.15) is 17.6 Å². The van der Waals surface area contributed by atoms with Gasteiger partial charge < -0.3 is 29.4 Å². The molecule has 0 bridgehead atoms. The lowest BCUT2D eigenvalue weighted by Gasteiger charge is -2.26. The third-order valence-electron chi connectivity index (χ3n) is 4.24. The van der Waals surface area contributed by atoms with E-state index in [2.05, 4.69) is 13.1 Å². The number of aromatic nitrogens is 2. The molecule has 17 nitrogen and oxygen atoms in total. The van der Waals surface area contributed by atoms with Gasteiger partial charge in [-0.15, -0.1) is 0 Å². The first-order valence-electron chi connectivity index (χ1n) is 8.26. The van der Waals surface area contributed by atoms with Crippen LogP contribution in [0.5, 0.6) is 0 Å². The topological polar surface area (TPSA) is 268 Å². The molecule has 32 heavy (non-hydrogen) atoms. The van der Waals surface area contributed by atoms with Crippen LogP contribution >= 0.6 is 23.5 Å². The normalized spacial score (nSPS) is 29.8. The van der Waals surface area contributed by atoms with Crippen LogP contribution in [0.15, 0.2) is 15.8 Å². The number of nitriles is 1. The third-order valence-corrected chi connectivity index (χ3v) is 8.04. The average molecular weight is 521 g/mol. The van der Waals surface area contributed by atoms with Gasteiger partial charge in [0.25, 0.3) is 5.56 Å². The van der Waals surface area contributed by atoms with E-state index < -0.39 is 65.2 Å². The molecule has 0 aromatic carbocycles. The quantitative estimate of drug-likeness (QED) is 0.223. The number of aryl methyl sites for hydroxylation is 1. The number of aliphatic hydroxyl groups excluding tert-OH is 1. The molecule has 1 aliphatic rings. The highest BCUT2D eigenvalue weighted by Gasteiger charge is 2.55. The van der Waals surface area contributed by atoms with Crippen molar-refractivity contribution >= 4 is 23.5 Å². The van der Waals surface area contributed by atoms with E-state index in [9.17, 15) is 38.5 Å². The second kappa shape index (κ2) is 9.03. The Morgan fingerprint density at radius 1 is 1.22 bits per heavy atom. The fraction of sp³-hybridized carbons (Fsp3) is 0.583. The number of aromatic amines is 1. The van der Waals surface area contributed by atoms with Crippen molar-refractivity contribution in [3.05, 3.63) is 32.6 Å². The summed E-state index contributed by atoms with van der Waals surface area (Å²) in [6, 6.07) is 1.75. The van der Waals surface area contributed by atoms with Crippen LogP contribution in [0.25, 0.3) is 0 Å². The number of hydrogen-bond acceptors (Lipinski definition) is 11. The van der Waals surface area contributed by atoms with Crippen molar-refractivity contribution in [2.45, 2.75) is 32.3 Å². The van der Waals surface area contributed by atoms with Crippen molar-refractivity contribution < 1.29 is 56.3 Å². The molecule has 1 fully saturated rings. The summed E-state index contributed by atoms with van der Waals surface area (Å²) in [5.74, 6) is 0. The Morgan fingerprint density at radius 2 is 1.81 bits per heavy atom. The molecule has 20 heteroatoms. The molecule has 0 amide bonds. The molecule has 0 aliphatic carbocycles. The fourth-order valence-electron chi connectivity index (χ4n) is 2.75. The molecule has 6 atom stereocenters. The van der Waals surface area contributed by atoms with Gasteiger partial charge in [-0.25, -0.2) is 18.5 Å². The second-order valence-electron chi connectivity index (χ2n) is 6.73. The number of nitrogens with zero attached hydrogens (tertiary/aromatic N) is 2. The molecule has 0 radical (unpaired) electrons. The molecule has 1 aliphatic heterocycles. The first kappa shape index (κ1) is 26.7. The summed E-state index contributed by atoms with van der Waals surface area (Å²) in [4.78, 5) is 61.4. The van der Waals surface area contributed by atoms with E-state index in [0.29, 0.717) is 0 Å². The first-order valence-corrected chi connectivity index (χ1v) is 12.8. The van der Waals surface area contributed by atoms with Crippen molar-refractivity contribution in [1.82, 2.24) is 9.55 Å². The van der Waals surface area contributed by atoms with Crippen LogP contribution in [0.3, 0.4) is 0 Å². The third kappa shape index (κ3) is 6.09. The standard InChI is InChI=1S/C12H18N3O14P3/c1-6-3-15(11(18)14-9(6)17)10-12(2,5-13)8(16)7(27-10)4-26-31(22,23)29-32(24,25)28-30(19,20)21/h3,7-8,10,16H,4H2,1-2H3,(H,22,23)(H,24,25)(H,14,17,18)(H2,19,20,21)/t7-,8-,10-,12-/m1/s1. The lowest BCUT2D eigenvalue weighted by molar-refractivity contribution is -0.0495. The van der Waals surface area contributed by atoms with Crippen molar-refractivity contribution in [3.63, 3.8) is 0 Å². The van der Waals surface area contributed by atoms with Gasteiger partial charge >= 0.3 is 29.2 Å². The van der Waals surface area contributed by atoms with E-state index in [1.807, 2.05) is 4.98 Å². The molecular formula is C12H18N3O14P3. The highest BCUT2D eigenvalue weighted by atomic mass is 31.3. The number of aliphatic hydroxyl groups is 1. The van der Waals surface area contributed by atoms with Crippen LogP contribution in [-0.4, -0.2) is 53.0 Å². The Bertz CT molecular complexity index is 1180. The molecular weight excluding hydrogens is 503 g/mol. The minimum Gasteiger partial charge on any atom is -0.388 e. The predicted molar refractivity (Wildman–Crippen MR) is 99.5 cm³/mol. The van der Waals surface area contributed by atoms with Gasteiger partial charge in [-0.3, -0.25) is 18.9 Å². The average Bonchev–Trinajstić information content (AvgIpc) is 2.85. The Kier molecular flexibility index (Phi) is 7.55. The lowest BCUT2D eigenvalue weighted by atomic mass is 9.84. The first-order chi connectivity index (χ1) is 14.4. The zero-order valence-corrected chi connectivity index (χ0v) is 18.8. The molecule has 1 aromatic rings. The van der Waals surface area contributed by atoms with E-state index in [1.54, 1.807) is 6.07 Å². The van der Waals surface area contributed by atoms with Crippen molar-refractivity contribution in [1.29, 1.82) is 5.26 Å². The summed E-state index contributed by atoms with van der Waals surface area (Å²) in [6.45, 7) is 1.51. The minimum absolute atomic E-state index is 0.0692. The van der Waals surface area contributed by atoms with E-state index in [0.717, 1.165) is 10.8 Å². The molecule has 180 valence electrons. The molecule has 2 rings (SSSR count). The number of ether oxygens (including phenoxy) is 1. The second-order valence-corrected chi connectivity index (χ2v) is 11.2. The van der Waals surface area contributed by atoms with Gasteiger partial charge in [-0.05, 0) is 13.8 Å². The minimum atomic E-state index is -5.76. The van der Waals surface area contributed by atoms with Gasteiger partial charge in [-0.2, -0.15) is 13.9 Å². The number of phosphoric ester groups is 1. The van der Waals surface area contributed by atoms with Gasteiger partial charge in [0.15, 0.2) is 6.23 Å². The summed E-state index contributed by atoms with van der Waals surface area (Å²) in [5, 5.41) is 20.0. The van der Waals surface area contributed by atoms with E-state index in [1.165, 1.54) is 13.8 Å². The number of nitrogens with one attached hydrogen (secondary N) is 1. The Hall–Kier alpha value is -1.50. The maximum atomic E-state index is 12.1. The van der Waals surface area contributed by atoms with Crippen LogP contribution in [0.4, 0.5) is 0 Å². The Labute approximate surface area is 178 Å². The van der Waals surface area contributed by atoms with Crippen molar-refractivity contribution in [2.24, 2.45) is 5.41 Å². The van der Waals surface area contributed by atoms with Gasteiger partial charge in [0.05, 0.1) is 12.7 Å². The fourth-order valence-corrected chi connectivity index (χ4v) is 5.78. The Balaban J connectivity index is 2.23. The summed E-state index contributed by atoms with van der Waals surface area (Å²) in [6.07, 6.45) is -3.75. The number of hydrogen-bond donors (Lipinski definition) is 6. The molecule has 0 saturated carbocycles. The molecule has 1 saturated heterocycles. The molecule has 2 heterocycles. The van der Waals surface area contributed by atoms with Gasteiger partial charge in [0.2, 0.25) is 0 Å². The van der Waals surface area contributed by atoms with Gasteiger partial charge in [-0.1, -0.05) is 0 Å². The maximum absolute atomic E-state index is 12.1.